The number of aromatic nitrogens is 1. The molecule has 0 aliphatic carbocycles. The average molecular weight is 331 g/mol. The number of anilines is 1. The number of nitrogens with zero attached hydrogens (tertiary/aromatic N) is 2. The van der Waals surface area contributed by atoms with Crippen molar-refractivity contribution in [2.75, 3.05) is 19.0 Å². The second-order valence-corrected chi connectivity index (χ2v) is 6.23. The van der Waals surface area contributed by atoms with Gasteiger partial charge in [-0.15, -0.1) is 11.3 Å². The zero-order valence-corrected chi connectivity index (χ0v) is 13.7. The van der Waals surface area contributed by atoms with Gasteiger partial charge in [-0.1, -0.05) is 30.3 Å². The molecule has 0 saturated carbocycles. The Kier molecular flexibility index (Phi) is 4.40. The van der Waals surface area contributed by atoms with Crippen LogP contribution in [0.5, 0.6) is 0 Å². The van der Waals surface area contributed by atoms with Crippen LogP contribution in [-0.2, 0) is 14.3 Å². The quantitative estimate of drug-likeness (QED) is 0.934. The molecule has 2 amide bonds. The summed E-state index contributed by atoms with van der Waals surface area (Å²) in [6.45, 7) is 1.76. The Morgan fingerprint density at radius 2 is 2.13 bits per heavy atom. The molecule has 1 aliphatic rings. The molecule has 1 fully saturated rings. The predicted molar refractivity (Wildman–Crippen MR) is 87.2 cm³/mol. The fraction of sp³-hybridized carbons (Fsp3) is 0.312. The van der Waals surface area contributed by atoms with Gasteiger partial charge in [-0.3, -0.25) is 14.9 Å². The number of aryl methyl sites for hydroxylation is 1. The maximum absolute atomic E-state index is 12.6. The van der Waals surface area contributed by atoms with Crippen molar-refractivity contribution >= 4 is 28.3 Å². The van der Waals surface area contributed by atoms with Crippen molar-refractivity contribution in [1.29, 1.82) is 0 Å². The molecule has 3 rings (SSSR count). The van der Waals surface area contributed by atoms with Crippen LogP contribution in [0, 0.1) is 6.92 Å². The van der Waals surface area contributed by atoms with Crippen molar-refractivity contribution in [3.05, 3.63) is 47.0 Å². The lowest BCUT2D eigenvalue weighted by molar-refractivity contribution is -0.160. The van der Waals surface area contributed by atoms with Gasteiger partial charge in [0.1, 0.15) is 6.61 Å². The van der Waals surface area contributed by atoms with Gasteiger partial charge in [-0.2, -0.15) is 0 Å². The van der Waals surface area contributed by atoms with E-state index in [-0.39, 0.29) is 18.4 Å². The molecule has 0 unspecified atom stereocenters. The first-order valence-corrected chi connectivity index (χ1v) is 8.09. The molecule has 0 radical (unpaired) electrons. The Morgan fingerprint density at radius 1 is 1.39 bits per heavy atom. The monoisotopic (exact) mass is 331 g/mol. The summed E-state index contributed by atoms with van der Waals surface area (Å²) >= 11 is 1.36. The minimum Gasteiger partial charge on any atom is -0.356 e. The summed E-state index contributed by atoms with van der Waals surface area (Å²) in [6.07, 6.45) is -0.774. The SMILES string of the molecule is Cc1csc(NC(=O)[C@H]2OCC(=O)N(C)[C@@H]2c2ccccc2)n1. The van der Waals surface area contributed by atoms with Crippen molar-refractivity contribution < 1.29 is 14.3 Å². The van der Waals surface area contributed by atoms with E-state index in [4.69, 9.17) is 4.74 Å². The summed E-state index contributed by atoms with van der Waals surface area (Å²) < 4.78 is 5.54. The highest BCUT2D eigenvalue weighted by molar-refractivity contribution is 7.13. The largest absolute Gasteiger partial charge is 0.356 e. The zero-order valence-electron chi connectivity index (χ0n) is 12.9. The van der Waals surface area contributed by atoms with Gasteiger partial charge in [0.05, 0.1) is 11.7 Å². The summed E-state index contributed by atoms with van der Waals surface area (Å²) in [5, 5.41) is 5.17. The predicted octanol–water partition coefficient (Wildman–Crippen LogP) is 1.99. The highest BCUT2D eigenvalue weighted by atomic mass is 32.1. The molecule has 1 N–H and O–H groups in total. The fourth-order valence-corrected chi connectivity index (χ4v) is 3.26. The van der Waals surface area contributed by atoms with Crippen LogP contribution in [0.2, 0.25) is 0 Å². The number of ether oxygens (including phenoxy) is 1. The number of amides is 2. The minimum atomic E-state index is -0.774. The first-order chi connectivity index (χ1) is 11.1. The number of hydrogen-bond donors (Lipinski definition) is 1. The Hall–Kier alpha value is -2.25. The first-order valence-electron chi connectivity index (χ1n) is 7.21. The summed E-state index contributed by atoms with van der Waals surface area (Å²) in [5.41, 5.74) is 1.71. The maximum Gasteiger partial charge on any atom is 0.257 e. The average Bonchev–Trinajstić information content (AvgIpc) is 2.95. The smallest absolute Gasteiger partial charge is 0.257 e. The Morgan fingerprint density at radius 3 is 2.78 bits per heavy atom. The molecule has 23 heavy (non-hydrogen) atoms. The van der Waals surface area contributed by atoms with Crippen molar-refractivity contribution in [1.82, 2.24) is 9.88 Å². The second-order valence-electron chi connectivity index (χ2n) is 5.38. The summed E-state index contributed by atoms with van der Waals surface area (Å²) in [7, 11) is 1.69. The number of carbonyl (C=O) groups is 2. The third-order valence-electron chi connectivity index (χ3n) is 3.73. The van der Waals surface area contributed by atoms with E-state index < -0.39 is 12.1 Å². The van der Waals surface area contributed by atoms with Gasteiger partial charge in [0.25, 0.3) is 5.91 Å². The Bertz CT molecular complexity index is 716. The molecule has 1 aliphatic heterocycles. The highest BCUT2D eigenvalue weighted by Gasteiger charge is 2.40. The van der Waals surface area contributed by atoms with E-state index in [2.05, 4.69) is 10.3 Å². The summed E-state index contributed by atoms with van der Waals surface area (Å²) in [5.74, 6) is -0.444. The molecule has 0 bridgehead atoms. The highest BCUT2D eigenvalue weighted by Crippen LogP contribution is 2.30. The minimum absolute atomic E-state index is 0.102. The lowest BCUT2D eigenvalue weighted by Crippen LogP contribution is -2.51. The molecule has 7 heteroatoms. The van der Waals surface area contributed by atoms with Gasteiger partial charge in [0, 0.05) is 12.4 Å². The van der Waals surface area contributed by atoms with E-state index in [0.717, 1.165) is 11.3 Å². The molecule has 120 valence electrons. The van der Waals surface area contributed by atoms with Crippen LogP contribution in [0.4, 0.5) is 5.13 Å². The number of likely N-dealkylation sites (N-methyl/N-ethyl adjacent to an activating group) is 1. The number of hydrogen-bond acceptors (Lipinski definition) is 5. The van der Waals surface area contributed by atoms with Gasteiger partial charge in [-0.05, 0) is 12.5 Å². The van der Waals surface area contributed by atoms with Crippen LogP contribution in [0.3, 0.4) is 0 Å². The van der Waals surface area contributed by atoms with Crippen LogP contribution in [-0.4, -0.2) is 41.5 Å². The third kappa shape index (κ3) is 3.25. The van der Waals surface area contributed by atoms with E-state index >= 15 is 0 Å². The molecule has 6 nitrogen and oxygen atoms in total. The maximum atomic E-state index is 12.6. The van der Waals surface area contributed by atoms with Gasteiger partial charge < -0.3 is 9.64 Å². The lowest BCUT2D eigenvalue weighted by atomic mass is 9.98. The van der Waals surface area contributed by atoms with E-state index in [1.165, 1.54) is 11.3 Å². The van der Waals surface area contributed by atoms with Crippen molar-refractivity contribution in [2.45, 2.75) is 19.1 Å². The Labute approximate surface area is 138 Å². The first kappa shape index (κ1) is 15.6. The number of thiazole rings is 1. The standard InChI is InChI=1S/C16H17N3O3S/c1-10-9-23-16(17-10)18-15(21)14-13(11-6-4-3-5-7-11)19(2)12(20)8-22-14/h3-7,9,13-14H,8H2,1-2H3,(H,17,18,21)/t13-,14+/m1/s1. The number of morpholine rings is 1. The fourth-order valence-electron chi connectivity index (χ4n) is 2.57. The zero-order chi connectivity index (χ0) is 16.4. The topological polar surface area (TPSA) is 71.5 Å². The van der Waals surface area contributed by atoms with E-state index in [0.29, 0.717) is 5.13 Å². The molecule has 0 spiro atoms. The Balaban J connectivity index is 1.85. The lowest BCUT2D eigenvalue weighted by Gasteiger charge is -2.38. The molecule has 2 heterocycles. The number of nitrogens with one attached hydrogen (secondary N) is 1. The number of carbonyl (C=O) groups excluding carboxylic acids is 2. The van der Waals surface area contributed by atoms with E-state index in [1.807, 2.05) is 42.6 Å². The molecule has 2 aromatic rings. The van der Waals surface area contributed by atoms with Gasteiger partial charge in [0.15, 0.2) is 11.2 Å². The van der Waals surface area contributed by atoms with Crippen LogP contribution >= 0.6 is 11.3 Å². The van der Waals surface area contributed by atoms with Crippen molar-refractivity contribution in [2.24, 2.45) is 0 Å². The summed E-state index contributed by atoms with van der Waals surface area (Å²) in [4.78, 5) is 30.4. The van der Waals surface area contributed by atoms with Crippen molar-refractivity contribution in [3.8, 4) is 0 Å². The normalized spacial score (nSPS) is 21.3. The number of benzene rings is 1. The second kappa shape index (κ2) is 6.47. The van der Waals surface area contributed by atoms with Gasteiger partial charge in [-0.25, -0.2) is 4.98 Å². The van der Waals surface area contributed by atoms with Gasteiger partial charge in [0.2, 0.25) is 5.91 Å². The molecule has 1 aromatic carbocycles. The third-order valence-corrected chi connectivity index (χ3v) is 4.61. The van der Waals surface area contributed by atoms with Crippen LogP contribution < -0.4 is 5.32 Å². The molecule has 1 saturated heterocycles. The van der Waals surface area contributed by atoms with Gasteiger partial charge >= 0.3 is 0 Å². The molecule has 2 atom stereocenters. The molecular formula is C16H17N3O3S. The van der Waals surface area contributed by atoms with E-state index in [9.17, 15) is 9.59 Å². The number of rotatable bonds is 3. The van der Waals surface area contributed by atoms with Crippen molar-refractivity contribution in [3.63, 3.8) is 0 Å². The summed E-state index contributed by atoms with van der Waals surface area (Å²) in [6, 6.07) is 8.96. The van der Waals surface area contributed by atoms with E-state index in [1.54, 1.807) is 11.9 Å². The van der Waals surface area contributed by atoms with Crippen LogP contribution in [0.25, 0.3) is 0 Å². The molecule has 1 aromatic heterocycles. The van der Waals surface area contributed by atoms with Crippen LogP contribution in [0.1, 0.15) is 17.3 Å². The van der Waals surface area contributed by atoms with Crippen LogP contribution in [0.15, 0.2) is 35.7 Å². The molecular weight excluding hydrogens is 314 g/mol.